The molecule has 66 valence electrons. The van der Waals surface area contributed by atoms with Crippen LogP contribution in [0.15, 0.2) is 0 Å². The topological polar surface area (TPSA) is 46.2 Å². The minimum Gasteiger partial charge on any atom is -0.314 e. The van der Waals surface area contributed by atoms with Gasteiger partial charge in [0.15, 0.2) is 0 Å². The van der Waals surface area contributed by atoms with Crippen molar-refractivity contribution in [3.8, 4) is 0 Å². The van der Waals surface area contributed by atoms with Gasteiger partial charge in [0, 0.05) is 12.3 Å². The molecule has 1 aliphatic rings. The molecule has 0 aromatic heterocycles. The molecule has 0 radical (unpaired) electrons. The first-order chi connectivity index (χ1) is 5.08. The van der Waals surface area contributed by atoms with E-state index in [4.69, 9.17) is 0 Å². The SMILES string of the molecule is CS(=O)(=O)CCC1CCCN1. The Hall–Kier alpha value is -0.0900. The van der Waals surface area contributed by atoms with Crippen LogP contribution in [0, 0.1) is 0 Å². The third-order valence-corrected chi connectivity index (χ3v) is 2.98. The maximum absolute atomic E-state index is 10.8. The minimum absolute atomic E-state index is 0.324. The molecular weight excluding hydrogens is 162 g/mol. The van der Waals surface area contributed by atoms with Crippen molar-refractivity contribution in [2.24, 2.45) is 0 Å². The number of rotatable bonds is 3. The molecule has 0 aromatic carbocycles. The highest BCUT2D eigenvalue weighted by molar-refractivity contribution is 7.90. The summed E-state index contributed by atoms with van der Waals surface area (Å²) in [5, 5.41) is 3.26. The van der Waals surface area contributed by atoms with Crippen LogP contribution in [-0.4, -0.2) is 33.0 Å². The zero-order valence-electron chi connectivity index (χ0n) is 6.84. The summed E-state index contributed by atoms with van der Waals surface area (Å²) in [5.74, 6) is 0.324. The number of sulfone groups is 1. The lowest BCUT2D eigenvalue weighted by molar-refractivity contribution is 0.565. The summed E-state index contributed by atoms with van der Waals surface area (Å²) in [6, 6.07) is 0.449. The van der Waals surface area contributed by atoms with Gasteiger partial charge in [0.05, 0.1) is 5.75 Å². The highest BCUT2D eigenvalue weighted by Crippen LogP contribution is 2.09. The predicted octanol–water partition coefficient (Wildman–Crippen LogP) is 0.173. The van der Waals surface area contributed by atoms with E-state index in [2.05, 4.69) is 5.32 Å². The number of nitrogens with one attached hydrogen (secondary N) is 1. The van der Waals surface area contributed by atoms with Gasteiger partial charge in [-0.15, -0.1) is 0 Å². The molecule has 0 aromatic rings. The quantitative estimate of drug-likeness (QED) is 0.668. The highest BCUT2D eigenvalue weighted by atomic mass is 32.2. The van der Waals surface area contributed by atoms with Crippen LogP contribution in [-0.2, 0) is 9.84 Å². The van der Waals surface area contributed by atoms with Crippen molar-refractivity contribution in [3.63, 3.8) is 0 Å². The van der Waals surface area contributed by atoms with Gasteiger partial charge < -0.3 is 5.32 Å². The highest BCUT2D eigenvalue weighted by Gasteiger charge is 2.15. The zero-order chi connectivity index (χ0) is 8.32. The van der Waals surface area contributed by atoms with Gasteiger partial charge in [-0.2, -0.15) is 0 Å². The molecule has 0 bridgehead atoms. The lowest BCUT2D eigenvalue weighted by Gasteiger charge is -2.07. The Morgan fingerprint density at radius 1 is 1.55 bits per heavy atom. The molecule has 1 fully saturated rings. The summed E-state index contributed by atoms with van der Waals surface area (Å²) in [6.45, 7) is 1.05. The van der Waals surface area contributed by atoms with Gasteiger partial charge in [-0.05, 0) is 25.8 Å². The van der Waals surface area contributed by atoms with E-state index in [0.29, 0.717) is 11.8 Å². The Morgan fingerprint density at radius 3 is 2.73 bits per heavy atom. The molecule has 1 N–H and O–H groups in total. The molecule has 1 unspecified atom stereocenters. The van der Waals surface area contributed by atoms with Crippen molar-refractivity contribution >= 4 is 9.84 Å². The second-order valence-corrected chi connectivity index (χ2v) is 5.47. The monoisotopic (exact) mass is 177 g/mol. The third-order valence-electron chi connectivity index (χ3n) is 2.00. The first-order valence-corrected chi connectivity index (χ1v) is 6.05. The smallest absolute Gasteiger partial charge is 0.147 e. The van der Waals surface area contributed by atoms with Gasteiger partial charge in [-0.3, -0.25) is 0 Å². The molecule has 4 heteroatoms. The summed E-state index contributed by atoms with van der Waals surface area (Å²) in [5.41, 5.74) is 0. The normalized spacial score (nSPS) is 25.7. The van der Waals surface area contributed by atoms with Gasteiger partial charge in [0.25, 0.3) is 0 Å². The van der Waals surface area contributed by atoms with Crippen molar-refractivity contribution < 1.29 is 8.42 Å². The lowest BCUT2D eigenvalue weighted by atomic mass is 10.2. The van der Waals surface area contributed by atoms with Crippen molar-refractivity contribution in [1.29, 1.82) is 0 Å². The maximum Gasteiger partial charge on any atom is 0.147 e. The largest absolute Gasteiger partial charge is 0.314 e. The second kappa shape index (κ2) is 3.54. The van der Waals surface area contributed by atoms with Crippen molar-refractivity contribution in [1.82, 2.24) is 5.32 Å². The third kappa shape index (κ3) is 3.72. The van der Waals surface area contributed by atoms with Crippen LogP contribution < -0.4 is 5.32 Å². The summed E-state index contributed by atoms with van der Waals surface area (Å²) < 4.78 is 21.5. The minimum atomic E-state index is -2.75. The van der Waals surface area contributed by atoms with Crippen LogP contribution in [0.4, 0.5) is 0 Å². The zero-order valence-corrected chi connectivity index (χ0v) is 7.65. The van der Waals surface area contributed by atoms with Gasteiger partial charge in [0.1, 0.15) is 9.84 Å². The molecule has 0 saturated carbocycles. The fourth-order valence-electron chi connectivity index (χ4n) is 1.36. The van der Waals surface area contributed by atoms with Crippen LogP contribution in [0.5, 0.6) is 0 Å². The second-order valence-electron chi connectivity index (χ2n) is 3.21. The maximum atomic E-state index is 10.8. The Labute approximate surface area is 68.1 Å². The van der Waals surface area contributed by atoms with E-state index >= 15 is 0 Å². The Morgan fingerprint density at radius 2 is 2.27 bits per heavy atom. The van der Waals surface area contributed by atoms with Crippen molar-refractivity contribution in [2.75, 3.05) is 18.6 Å². The predicted molar refractivity (Wildman–Crippen MR) is 45.4 cm³/mol. The molecule has 1 saturated heterocycles. The van der Waals surface area contributed by atoms with E-state index in [-0.39, 0.29) is 0 Å². The Balaban J connectivity index is 2.22. The fraction of sp³-hybridized carbons (Fsp3) is 1.00. The van der Waals surface area contributed by atoms with E-state index < -0.39 is 9.84 Å². The van der Waals surface area contributed by atoms with Gasteiger partial charge >= 0.3 is 0 Å². The van der Waals surface area contributed by atoms with Crippen molar-refractivity contribution in [3.05, 3.63) is 0 Å². The van der Waals surface area contributed by atoms with E-state index in [1.54, 1.807) is 0 Å². The summed E-state index contributed by atoms with van der Waals surface area (Å²) in [7, 11) is -2.75. The molecule has 3 nitrogen and oxygen atoms in total. The van der Waals surface area contributed by atoms with Crippen LogP contribution in [0.2, 0.25) is 0 Å². The Bertz CT molecular complexity index is 204. The van der Waals surface area contributed by atoms with Gasteiger partial charge in [-0.1, -0.05) is 0 Å². The van der Waals surface area contributed by atoms with E-state index in [1.807, 2.05) is 0 Å². The average Bonchev–Trinajstić information content (AvgIpc) is 2.32. The van der Waals surface area contributed by atoms with Gasteiger partial charge in [-0.25, -0.2) is 8.42 Å². The van der Waals surface area contributed by atoms with E-state index in [0.717, 1.165) is 19.4 Å². The first kappa shape index (κ1) is 9.00. The van der Waals surface area contributed by atoms with Gasteiger partial charge in [0.2, 0.25) is 0 Å². The van der Waals surface area contributed by atoms with Crippen LogP contribution in [0.1, 0.15) is 19.3 Å². The molecule has 1 atom stereocenters. The summed E-state index contributed by atoms with van der Waals surface area (Å²) >= 11 is 0. The van der Waals surface area contributed by atoms with Crippen LogP contribution >= 0.6 is 0 Å². The lowest BCUT2D eigenvalue weighted by Crippen LogP contribution is -2.24. The molecule has 0 aliphatic carbocycles. The van der Waals surface area contributed by atoms with E-state index in [9.17, 15) is 8.42 Å². The summed E-state index contributed by atoms with van der Waals surface area (Å²) in [4.78, 5) is 0. The summed E-state index contributed by atoms with van der Waals surface area (Å²) in [6.07, 6.45) is 4.39. The molecule has 1 aliphatic heterocycles. The molecule has 1 rings (SSSR count). The molecule has 0 amide bonds. The van der Waals surface area contributed by atoms with Crippen LogP contribution in [0.3, 0.4) is 0 Å². The number of hydrogen-bond donors (Lipinski definition) is 1. The fourth-order valence-corrected chi connectivity index (χ4v) is 2.07. The molecular formula is C7H15NO2S. The molecule has 0 spiro atoms. The number of hydrogen-bond acceptors (Lipinski definition) is 3. The standard InChI is InChI=1S/C7H15NO2S/c1-11(9,10)6-4-7-3-2-5-8-7/h7-8H,2-6H2,1H3. The van der Waals surface area contributed by atoms with Crippen LogP contribution in [0.25, 0.3) is 0 Å². The van der Waals surface area contributed by atoms with Crippen molar-refractivity contribution in [2.45, 2.75) is 25.3 Å². The van der Waals surface area contributed by atoms with E-state index in [1.165, 1.54) is 12.7 Å². The first-order valence-electron chi connectivity index (χ1n) is 3.99. The molecule has 1 heterocycles. The Kier molecular flexibility index (Phi) is 2.90. The molecule has 11 heavy (non-hydrogen) atoms. The average molecular weight is 177 g/mol.